The summed E-state index contributed by atoms with van der Waals surface area (Å²) in [5, 5.41) is 11.9. The van der Waals surface area contributed by atoms with Crippen LogP contribution in [-0.2, 0) is 4.79 Å². The van der Waals surface area contributed by atoms with Crippen LogP contribution >= 0.6 is 11.6 Å². The van der Waals surface area contributed by atoms with Gasteiger partial charge in [0, 0.05) is 28.4 Å². The maximum Gasteiger partial charge on any atom is 0.294 e. The minimum Gasteiger partial charge on any atom is -0.503 e. The SMILES string of the molecule is COc1cc(Cl)cc2cc(C(=O)C3=C(O)C(=O)N(c4ccc(C)cc4)C3c3ccccn3)oc12. The van der Waals surface area contributed by atoms with E-state index >= 15 is 0 Å². The monoisotopic (exact) mass is 474 g/mol. The van der Waals surface area contributed by atoms with E-state index in [0.29, 0.717) is 33.1 Å². The van der Waals surface area contributed by atoms with Crippen LogP contribution in [0, 0.1) is 6.92 Å². The van der Waals surface area contributed by atoms with Gasteiger partial charge in [0.1, 0.15) is 6.04 Å². The number of aromatic nitrogens is 1. The average molecular weight is 475 g/mol. The molecule has 2 aromatic heterocycles. The van der Waals surface area contributed by atoms with E-state index in [1.807, 2.05) is 19.1 Å². The molecule has 170 valence electrons. The highest BCUT2D eigenvalue weighted by Crippen LogP contribution is 2.42. The van der Waals surface area contributed by atoms with Crippen molar-refractivity contribution in [3.63, 3.8) is 0 Å². The van der Waals surface area contributed by atoms with Crippen molar-refractivity contribution in [2.75, 3.05) is 12.0 Å². The molecular formula is C26H19ClN2O5. The van der Waals surface area contributed by atoms with E-state index in [9.17, 15) is 14.7 Å². The lowest BCUT2D eigenvalue weighted by molar-refractivity contribution is -0.117. The normalized spacial score (nSPS) is 15.9. The second-order valence-corrected chi connectivity index (χ2v) is 8.33. The molecule has 1 aliphatic rings. The van der Waals surface area contributed by atoms with Crippen LogP contribution in [-0.4, -0.2) is 28.9 Å². The molecule has 1 unspecified atom stereocenters. The van der Waals surface area contributed by atoms with Crippen LogP contribution in [0.3, 0.4) is 0 Å². The number of carbonyl (C=O) groups excluding carboxylic acids is 2. The number of hydrogen-bond donors (Lipinski definition) is 1. The summed E-state index contributed by atoms with van der Waals surface area (Å²) in [6, 6.07) is 16.2. The minimum absolute atomic E-state index is 0.0587. The molecule has 2 aromatic carbocycles. The molecule has 1 atom stereocenters. The minimum atomic E-state index is -0.942. The number of fused-ring (bicyclic) bond motifs is 1. The molecule has 0 radical (unpaired) electrons. The molecule has 0 bridgehead atoms. The Hall–Kier alpha value is -4.10. The van der Waals surface area contributed by atoms with Gasteiger partial charge >= 0.3 is 0 Å². The number of halogens is 1. The van der Waals surface area contributed by atoms with Crippen molar-refractivity contribution in [1.29, 1.82) is 0 Å². The molecule has 5 rings (SSSR count). The van der Waals surface area contributed by atoms with Crippen LogP contribution < -0.4 is 9.64 Å². The first-order valence-corrected chi connectivity index (χ1v) is 10.8. The van der Waals surface area contributed by atoms with E-state index in [4.69, 9.17) is 20.8 Å². The molecule has 0 aliphatic carbocycles. The third-order valence-electron chi connectivity index (χ3n) is 5.72. The predicted octanol–water partition coefficient (Wildman–Crippen LogP) is 5.58. The number of pyridine rings is 1. The fraction of sp³-hybridized carbons (Fsp3) is 0.115. The summed E-state index contributed by atoms with van der Waals surface area (Å²) < 4.78 is 11.1. The second-order valence-electron chi connectivity index (χ2n) is 7.90. The number of rotatable bonds is 5. The number of ether oxygens (including phenoxy) is 1. The van der Waals surface area contributed by atoms with Crippen molar-refractivity contribution in [2.24, 2.45) is 0 Å². The molecule has 4 aromatic rings. The number of nitrogens with zero attached hydrogens (tertiary/aromatic N) is 2. The van der Waals surface area contributed by atoms with Gasteiger partial charge in [-0.25, -0.2) is 0 Å². The standard InChI is InChI=1S/C26H19ClN2O5/c1-14-6-8-17(9-7-14)29-22(18-5-3-4-10-28-18)21(24(31)26(29)32)23(30)19-12-15-11-16(27)13-20(33-2)25(15)34-19/h3-13,22,31H,1-2H3. The van der Waals surface area contributed by atoms with Crippen molar-refractivity contribution >= 4 is 39.9 Å². The lowest BCUT2D eigenvalue weighted by atomic mass is 9.98. The van der Waals surface area contributed by atoms with E-state index in [1.165, 1.54) is 18.1 Å². The van der Waals surface area contributed by atoms with Gasteiger partial charge in [-0.3, -0.25) is 19.5 Å². The summed E-state index contributed by atoms with van der Waals surface area (Å²) in [4.78, 5) is 32.6. The first-order valence-electron chi connectivity index (χ1n) is 10.4. The van der Waals surface area contributed by atoms with E-state index in [2.05, 4.69) is 4.98 Å². The first-order chi connectivity index (χ1) is 16.4. The topological polar surface area (TPSA) is 92.9 Å². The Bertz CT molecular complexity index is 1460. The lowest BCUT2D eigenvalue weighted by Gasteiger charge is -2.26. The van der Waals surface area contributed by atoms with Crippen molar-refractivity contribution in [1.82, 2.24) is 4.98 Å². The number of carbonyl (C=O) groups is 2. The molecule has 0 spiro atoms. The number of benzene rings is 2. The predicted molar refractivity (Wildman–Crippen MR) is 127 cm³/mol. The molecule has 1 N–H and O–H groups in total. The highest BCUT2D eigenvalue weighted by molar-refractivity contribution is 6.31. The van der Waals surface area contributed by atoms with Gasteiger partial charge in [-0.1, -0.05) is 35.4 Å². The third kappa shape index (κ3) is 3.50. The van der Waals surface area contributed by atoms with Gasteiger partial charge in [-0.15, -0.1) is 0 Å². The van der Waals surface area contributed by atoms with E-state index < -0.39 is 23.5 Å². The Balaban J connectivity index is 1.65. The lowest BCUT2D eigenvalue weighted by Crippen LogP contribution is -2.31. The van der Waals surface area contributed by atoms with Crippen LogP contribution in [0.15, 0.2) is 82.6 Å². The zero-order chi connectivity index (χ0) is 24.0. The Morgan fingerprint density at radius 2 is 1.91 bits per heavy atom. The van der Waals surface area contributed by atoms with E-state index in [1.54, 1.807) is 48.7 Å². The number of ketones is 1. The number of aliphatic hydroxyl groups is 1. The number of Topliss-reactive ketones (excluding diaryl/α,β-unsaturated/α-hetero) is 1. The summed E-state index contributed by atoms with van der Waals surface area (Å²) in [6.45, 7) is 1.93. The fourth-order valence-electron chi connectivity index (χ4n) is 4.11. The molecule has 0 fully saturated rings. The molecule has 3 heterocycles. The van der Waals surface area contributed by atoms with Gasteiger partial charge in [0.15, 0.2) is 22.9 Å². The molecule has 0 saturated carbocycles. The molecule has 0 saturated heterocycles. The molecule has 8 heteroatoms. The molecule has 1 aliphatic heterocycles. The second kappa shape index (κ2) is 8.35. The number of amides is 1. The van der Waals surface area contributed by atoms with Crippen LogP contribution in [0.1, 0.15) is 27.9 Å². The highest BCUT2D eigenvalue weighted by Gasteiger charge is 2.46. The van der Waals surface area contributed by atoms with Crippen LogP contribution in [0.2, 0.25) is 5.02 Å². The van der Waals surface area contributed by atoms with Crippen LogP contribution in [0.25, 0.3) is 11.0 Å². The van der Waals surface area contributed by atoms with Gasteiger partial charge in [-0.05, 0) is 43.3 Å². The van der Waals surface area contributed by atoms with Gasteiger partial charge in [0.2, 0.25) is 5.78 Å². The highest BCUT2D eigenvalue weighted by atomic mass is 35.5. The number of methoxy groups -OCH3 is 1. The number of aryl methyl sites for hydroxylation is 1. The zero-order valence-electron chi connectivity index (χ0n) is 18.3. The number of aliphatic hydroxyl groups excluding tert-OH is 1. The largest absolute Gasteiger partial charge is 0.503 e. The Kier molecular flexibility index (Phi) is 5.34. The molecule has 1 amide bonds. The number of furan rings is 1. The summed E-state index contributed by atoms with van der Waals surface area (Å²) in [5.41, 5.74) is 2.19. The smallest absolute Gasteiger partial charge is 0.294 e. The quantitative estimate of drug-likeness (QED) is 0.379. The van der Waals surface area contributed by atoms with Crippen LogP contribution in [0.4, 0.5) is 5.69 Å². The van der Waals surface area contributed by atoms with Crippen molar-refractivity contribution in [3.05, 3.63) is 100 Å². The maximum atomic E-state index is 13.7. The van der Waals surface area contributed by atoms with Gasteiger partial charge < -0.3 is 14.3 Å². The van der Waals surface area contributed by atoms with E-state index in [0.717, 1.165) is 5.56 Å². The Morgan fingerprint density at radius 1 is 1.15 bits per heavy atom. The Morgan fingerprint density at radius 3 is 2.59 bits per heavy atom. The summed E-state index contributed by atoms with van der Waals surface area (Å²) >= 11 is 6.15. The van der Waals surface area contributed by atoms with Crippen molar-refractivity contribution < 1.29 is 23.8 Å². The van der Waals surface area contributed by atoms with Gasteiger partial charge in [0.25, 0.3) is 5.91 Å². The number of hydrogen-bond acceptors (Lipinski definition) is 6. The van der Waals surface area contributed by atoms with Gasteiger partial charge in [0.05, 0.1) is 18.4 Å². The van der Waals surface area contributed by atoms with Crippen molar-refractivity contribution in [2.45, 2.75) is 13.0 Å². The average Bonchev–Trinajstić information content (AvgIpc) is 3.38. The summed E-state index contributed by atoms with van der Waals surface area (Å²) in [5.74, 6) is -1.67. The summed E-state index contributed by atoms with van der Waals surface area (Å²) in [6.07, 6.45) is 1.57. The van der Waals surface area contributed by atoms with Gasteiger partial charge in [-0.2, -0.15) is 0 Å². The van der Waals surface area contributed by atoms with Crippen molar-refractivity contribution in [3.8, 4) is 5.75 Å². The fourth-order valence-corrected chi connectivity index (χ4v) is 4.33. The maximum absolute atomic E-state index is 13.7. The summed E-state index contributed by atoms with van der Waals surface area (Å²) in [7, 11) is 1.47. The van der Waals surface area contributed by atoms with E-state index in [-0.39, 0.29) is 11.3 Å². The third-order valence-corrected chi connectivity index (χ3v) is 5.94. The molecular weight excluding hydrogens is 456 g/mol. The number of anilines is 1. The molecule has 7 nitrogen and oxygen atoms in total. The molecule has 34 heavy (non-hydrogen) atoms. The first kappa shape index (κ1) is 21.7. The Labute approximate surface area is 199 Å². The zero-order valence-corrected chi connectivity index (χ0v) is 19.0. The van der Waals surface area contributed by atoms with Crippen LogP contribution in [0.5, 0.6) is 5.75 Å².